The van der Waals surface area contributed by atoms with Crippen LogP contribution in [0.3, 0.4) is 0 Å². The Balaban J connectivity index is 0.00000324. The van der Waals surface area contributed by atoms with Crippen molar-refractivity contribution in [3.05, 3.63) is 78.1 Å². The lowest BCUT2D eigenvalue weighted by molar-refractivity contribution is -0.147. The van der Waals surface area contributed by atoms with Crippen LogP contribution in [-0.2, 0) is 21.4 Å². The summed E-state index contributed by atoms with van der Waals surface area (Å²) in [5.41, 5.74) is 8.19. The molecule has 2 N–H and O–H groups in total. The maximum absolute atomic E-state index is 15.3. The lowest BCUT2D eigenvalue weighted by Crippen LogP contribution is -2.46. The van der Waals surface area contributed by atoms with Crippen LogP contribution in [0.4, 0.5) is 4.39 Å². The number of benzene rings is 2. The first-order chi connectivity index (χ1) is 15.9. The molecule has 0 saturated heterocycles. The molecule has 7 nitrogen and oxygen atoms in total. The third-order valence-corrected chi connectivity index (χ3v) is 5.94. The van der Waals surface area contributed by atoms with Gasteiger partial charge in [0.15, 0.2) is 5.65 Å². The van der Waals surface area contributed by atoms with Gasteiger partial charge in [-0.2, -0.15) is 0 Å². The minimum Gasteiger partial charge on any atom is -0.468 e. The van der Waals surface area contributed by atoms with Gasteiger partial charge in [0.2, 0.25) is 0 Å². The molecule has 178 valence electrons. The van der Waals surface area contributed by atoms with E-state index in [4.69, 9.17) is 10.5 Å². The van der Waals surface area contributed by atoms with Crippen LogP contribution in [-0.4, -0.2) is 39.1 Å². The Morgan fingerprint density at radius 2 is 1.88 bits per heavy atom. The largest absolute Gasteiger partial charge is 0.468 e. The molecule has 34 heavy (non-hydrogen) atoms. The number of fused-ring (bicyclic) bond motifs is 1. The maximum atomic E-state index is 15.3. The second kappa shape index (κ2) is 10.3. The fourth-order valence-corrected chi connectivity index (χ4v) is 4.16. The second-order valence-electron chi connectivity index (χ2n) is 8.27. The van der Waals surface area contributed by atoms with E-state index in [2.05, 4.69) is 15.0 Å². The molecule has 0 aliphatic heterocycles. The van der Waals surface area contributed by atoms with Gasteiger partial charge in [0, 0.05) is 23.7 Å². The summed E-state index contributed by atoms with van der Waals surface area (Å²) in [6, 6.07) is 14.1. The molecule has 2 aromatic heterocycles. The molecule has 0 spiro atoms. The lowest BCUT2D eigenvalue weighted by Gasteiger charge is -2.31. The van der Waals surface area contributed by atoms with Gasteiger partial charge in [-0.15, -0.1) is 12.4 Å². The molecule has 0 amide bonds. The van der Waals surface area contributed by atoms with Gasteiger partial charge in [0.25, 0.3) is 0 Å². The van der Waals surface area contributed by atoms with Crippen LogP contribution < -0.4 is 5.73 Å². The van der Waals surface area contributed by atoms with Crippen LogP contribution in [0, 0.1) is 5.82 Å². The first-order valence-corrected chi connectivity index (χ1v) is 10.7. The number of methoxy groups -OCH3 is 1. The molecule has 1 unspecified atom stereocenters. The molecule has 0 radical (unpaired) electrons. The van der Waals surface area contributed by atoms with E-state index in [1.54, 1.807) is 18.5 Å². The minimum absolute atomic E-state index is 0. The van der Waals surface area contributed by atoms with Crippen LogP contribution in [0.25, 0.3) is 22.4 Å². The molecule has 2 heterocycles. The van der Waals surface area contributed by atoms with E-state index < -0.39 is 17.2 Å². The molecule has 0 fully saturated rings. The van der Waals surface area contributed by atoms with Crippen molar-refractivity contribution in [2.75, 3.05) is 13.7 Å². The van der Waals surface area contributed by atoms with Gasteiger partial charge in [-0.05, 0) is 44.0 Å². The number of halogens is 2. The summed E-state index contributed by atoms with van der Waals surface area (Å²) in [5, 5.41) is 0. The topological polar surface area (TPSA) is 95.9 Å². The van der Waals surface area contributed by atoms with Crippen molar-refractivity contribution in [2.45, 2.75) is 31.7 Å². The Hall–Kier alpha value is -3.36. The highest BCUT2D eigenvalue weighted by Gasteiger charge is 2.42. The third-order valence-electron chi connectivity index (χ3n) is 5.94. The molecular formula is C25H27ClFN5O2. The highest BCUT2D eigenvalue weighted by atomic mass is 35.5. The monoisotopic (exact) mass is 483 g/mol. The zero-order valence-corrected chi connectivity index (χ0v) is 20.1. The smallest absolute Gasteiger partial charge is 0.318 e. The number of aromatic nitrogens is 4. The van der Waals surface area contributed by atoms with Crippen LogP contribution >= 0.6 is 12.4 Å². The summed E-state index contributed by atoms with van der Waals surface area (Å²) in [6.07, 6.45) is 3.37. The van der Waals surface area contributed by atoms with Gasteiger partial charge in [-0.3, -0.25) is 4.79 Å². The van der Waals surface area contributed by atoms with Crippen LogP contribution in [0.1, 0.15) is 31.0 Å². The molecule has 9 heteroatoms. The third kappa shape index (κ3) is 4.38. The van der Waals surface area contributed by atoms with Crippen LogP contribution in [0.15, 0.2) is 61.2 Å². The highest BCUT2D eigenvalue weighted by Crippen LogP contribution is 2.35. The summed E-state index contributed by atoms with van der Waals surface area (Å²) >= 11 is 0. The van der Waals surface area contributed by atoms with Gasteiger partial charge < -0.3 is 15.0 Å². The number of rotatable bonds is 7. The zero-order chi connectivity index (χ0) is 23.6. The molecule has 4 aromatic rings. The van der Waals surface area contributed by atoms with Crippen LogP contribution in [0.5, 0.6) is 0 Å². The van der Waals surface area contributed by atoms with Crippen molar-refractivity contribution in [1.82, 2.24) is 19.5 Å². The second-order valence-corrected chi connectivity index (χ2v) is 8.27. The summed E-state index contributed by atoms with van der Waals surface area (Å²) < 4.78 is 22.3. The number of nitrogens with zero attached hydrogens (tertiary/aromatic N) is 4. The number of carbonyl (C=O) groups excluding carboxylic acids is 1. The molecule has 0 bridgehead atoms. The Bertz CT molecular complexity index is 1300. The van der Waals surface area contributed by atoms with Gasteiger partial charge in [0.05, 0.1) is 13.4 Å². The number of esters is 1. The summed E-state index contributed by atoms with van der Waals surface area (Å²) in [7, 11) is 1.28. The maximum Gasteiger partial charge on any atom is 0.318 e. The molecule has 0 aliphatic rings. The van der Waals surface area contributed by atoms with Crippen molar-refractivity contribution in [2.24, 2.45) is 5.73 Å². The fraction of sp³-hybridized carbons (Fsp3) is 0.280. The molecule has 1 atom stereocenters. The quantitative estimate of drug-likeness (QED) is 0.395. The van der Waals surface area contributed by atoms with E-state index in [-0.39, 0.29) is 37.0 Å². The standard InChI is InChI=1S/C25H26FN5O2.ClH/c1-16(2)31-15-30-22-21(28-14-29-23(22)31)18-9-10-20(26)19(11-18)25(13-27,24(32)33-3)12-17-7-5-4-6-8-17;/h4-11,14-16H,12-13,27H2,1-3H3;1H. The van der Waals surface area contributed by atoms with E-state index in [0.29, 0.717) is 22.4 Å². The molecule has 4 rings (SSSR count). The molecule has 0 aliphatic carbocycles. The lowest BCUT2D eigenvalue weighted by atomic mass is 9.74. The Labute approximate surface area is 203 Å². The Morgan fingerprint density at radius 3 is 2.53 bits per heavy atom. The van der Waals surface area contributed by atoms with E-state index in [1.807, 2.05) is 48.7 Å². The van der Waals surface area contributed by atoms with E-state index >= 15 is 4.39 Å². The van der Waals surface area contributed by atoms with Crippen molar-refractivity contribution in [1.29, 1.82) is 0 Å². The first kappa shape index (κ1) is 25.3. The Kier molecular flexibility index (Phi) is 7.64. The van der Waals surface area contributed by atoms with E-state index in [0.717, 1.165) is 5.56 Å². The number of hydrogen-bond acceptors (Lipinski definition) is 6. The number of carbonyl (C=O) groups is 1. The fourth-order valence-electron chi connectivity index (χ4n) is 4.16. The van der Waals surface area contributed by atoms with Gasteiger partial charge >= 0.3 is 5.97 Å². The van der Waals surface area contributed by atoms with Crippen molar-refractivity contribution in [3.63, 3.8) is 0 Å². The highest BCUT2D eigenvalue weighted by molar-refractivity contribution is 5.89. The number of imidazole rings is 1. The minimum atomic E-state index is -1.40. The summed E-state index contributed by atoms with van der Waals surface area (Å²) in [6.45, 7) is 3.94. The molecule has 0 saturated carbocycles. The summed E-state index contributed by atoms with van der Waals surface area (Å²) in [5.74, 6) is -1.13. The number of ether oxygens (including phenoxy) is 1. The zero-order valence-electron chi connectivity index (χ0n) is 19.2. The van der Waals surface area contributed by atoms with Gasteiger partial charge in [-0.25, -0.2) is 19.3 Å². The summed E-state index contributed by atoms with van der Waals surface area (Å²) in [4.78, 5) is 26.3. The average molecular weight is 484 g/mol. The van der Waals surface area contributed by atoms with E-state index in [9.17, 15) is 4.79 Å². The Morgan fingerprint density at radius 1 is 1.15 bits per heavy atom. The van der Waals surface area contributed by atoms with Gasteiger partial charge in [0.1, 0.15) is 28.8 Å². The normalized spacial score (nSPS) is 12.9. The number of hydrogen-bond donors (Lipinski definition) is 1. The average Bonchev–Trinajstić information content (AvgIpc) is 3.28. The number of nitrogens with two attached hydrogens (primary N) is 1. The molecular weight excluding hydrogens is 457 g/mol. The van der Waals surface area contributed by atoms with Crippen molar-refractivity contribution < 1.29 is 13.9 Å². The van der Waals surface area contributed by atoms with Gasteiger partial charge in [-0.1, -0.05) is 30.3 Å². The van der Waals surface area contributed by atoms with Crippen LogP contribution in [0.2, 0.25) is 0 Å². The van der Waals surface area contributed by atoms with E-state index in [1.165, 1.54) is 19.5 Å². The SMILES string of the molecule is COC(=O)C(CN)(Cc1ccccc1)c1cc(-c2ncnc3c2ncn3C(C)C)ccc1F.Cl. The predicted octanol–water partition coefficient (Wildman–Crippen LogP) is 4.25. The van der Waals surface area contributed by atoms with Crippen molar-refractivity contribution >= 4 is 29.5 Å². The van der Waals surface area contributed by atoms with Crippen molar-refractivity contribution in [3.8, 4) is 11.3 Å². The predicted molar refractivity (Wildman–Crippen MR) is 131 cm³/mol. The first-order valence-electron chi connectivity index (χ1n) is 10.7. The molecule has 2 aromatic carbocycles.